The molecule has 0 spiro atoms. The summed E-state index contributed by atoms with van der Waals surface area (Å²) in [5.41, 5.74) is 1.96. The topological polar surface area (TPSA) is 71.2 Å². The molecule has 1 saturated carbocycles. The number of fused-ring (bicyclic) bond motifs is 1. The third-order valence-electron chi connectivity index (χ3n) is 5.02. The van der Waals surface area contributed by atoms with Crippen LogP contribution in [0.15, 0.2) is 53.6 Å². The molecule has 3 aromatic rings. The normalized spacial score (nSPS) is 15.9. The smallest absolute Gasteiger partial charge is 0.240 e. The maximum atomic E-state index is 12.6. The number of halogens is 1. The molecule has 2 aromatic carbocycles. The Morgan fingerprint density at radius 2 is 2.04 bits per heavy atom. The number of rotatable bonds is 6. The van der Waals surface area contributed by atoms with Gasteiger partial charge in [-0.05, 0) is 54.8 Å². The van der Waals surface area contributed by atoms with Gasteiger partial charge in [0.05, 0.1) is 12.0 Å². The summed E-state index contributed by atoms with van der Waals surface area (Å²) in [6, 6.07) is 12.2. The van der Waals surface area contributed by atoms with Crippen LogP contribution in [-0.2, 0) is 15.4 Å². The van der Waals surface area contributed by atoms with Gasteiger partial charge in [0, 0.05) is 34.1 Å². The van der Waals surface area contributed by atoms with Crippen molar-refractivity contribution in [2.24, 2.45) is 0 Å². The predicted molar refractivity (Wildman–Crippen MR) is 102 cm³/mol. The minimum atomic E-state index is -3.60. The lowest BCUT2D eigenvalue weighted by Gasteiger charge is -2.16. The molecule has 0 atom stereocenters. The van der Waals surface area contributed by atoms with Crippen LogP contribution in [0.2, 0.25) is 5.02 Å². The molecule has 0 radical (unpaired) electrons. The molecule has 1 aromatic heterocycles. The molecule has 1 heterocycles. The molecule has 0 saturated heterocycles. The monoisotopic (exact) mass is 390 g/mol. The molecule has 26 heavy (non-hydrogen) atoms. The molecule has 1 aliphatic rings. The van der Waals surface area contributed by atoms with Gasteiger partial charge in [-0.1, -0.05) is 17.7 Å². The third kappa shape index (κ3) is 3.09. The number of methoxy groups -OCH3 is 1. The van der Waals surface area contributed by atoms with Gasteiger partial charge in [0.15, 0.2) is 0 Å². The van der Waals surface area contributed by atoms with Crippen molar-refractivity contribution in [3.8, 4) is 5.75 Å². The van der Waals surface area contributed by atoms with Crippen molar-refractivity contribution in [2.75, 3.05) is 13.7 Å². The van der Waals surface area contributed by atoms with E-state index in [0.717, 1.165) is 35.1 Å². The fourth-order valence-electron chi connectivity index (χ4n) is 3.31. The molecule has 0 aliphatic heterocycles. The van der Waals surface area contributed by atoms with Gasteiger partial charge in [-0.3, -0.25) is 0 Å². The standard InChI is InChI=1S/C19H19ClN2O3S/c1-25-14-5-6-18-16(10-14)17(11-21-18)19(7-8-19)12-22-26(23,24)15-4-2-3-13(20)9-15/h2-6,9-11,21-22H,7-8,12H2,1H3. The minimum Gasteiger partial charge on any atom is -0.497 e. The molecule has 0 unspecified atom stereocenters. The number of benzene rings is 2. The highest BCUT2D eigenvalue weighted by Crippen LogP contribution is 2.50. The second-order valence-electron chi connectivity index (χ2n) is 6.68. The summed E-state index contributed by atoms with van der Waals surface area (Å²) in [4.78, 5) is 3.45. The van der Waals surface area contributed by atoms with E-state index in [1.54, 1.807) is 25.3 Å². The van der Waals surface area contributed by atoms with Gasteiger partial charge in [0.25, 0.3) is 0 Å². The number of aromatic nitrogens is 1. The first kappa shape index (κ1) is 17.4. The number of ether oxygens (including phenoxy) is 1. The second kappa shape index (κ2) is 6.30. The van der Waals surface area contributed by atoms with Crippen molar-refractivity contribution in [2.45, 2.75) is 23.2 Å². The van der Waals surface area contributed by atoms with Gasteiger partial charge in [-0.25, -0.2) is 13.1 Å². The number of nitrogens with one attached hydrogen (secondary N) is 2. The van der Waals surface area contributed by atoms with E-state index in [1.807, 2.05) is 24.4 Å². The summed E-state index contributed by atoms with van der Waals surface area (Å²) in [6.07, 6.45) is 3.86. The van der Waals surface area contributed by atoms with Crippen LogP contribution in [-0.4, -0.2) is 27.1 Å². The van der Waals surface area contributed by atoms with Crippen LogP contribution in [0.3, 0.4) is 0 Å². The summed E-state index contributed by atoms with van der Waals surface area (Å²) in [7, 11) is -1.96. The van der Waals surface area contributed by atoms with Crippen LogP contribution >= 0.6 is 11.6 Å². The van der Waals surface area contributed by atoms with Gasteiger partial charge < -0.3 is 9.72 Å². The van der Waals surface area contributed by atoms with Crippen molar-refractivity contribution >= 4 is 32.5 Å². The molecule has 4 rings (SSSR count). The van der Waals surface area contributed by atoms with Crippen LogP contribution in [0.1, 0.15) is 18.4 Å². The predicted octanol–water partition coefficient (Wildman–Crippen LogP) is 3.84. The van der Waals surface area contributed by atoms with Crippen LogP contribution in [0.5, 0.6) is 5.75 Å². The Labute approximate surface area is 157 Å². The maximum absolute atomic E-state index is 12.6. The van der Waals surface area contributed by atoms with Crippen LogP contribution in [0.4, 0.5) is 0 Å². The van der Waals surface area contributed by atoms with E-state index < -0.39 is 10.0 Å². The molecule has 0 amide bonds. The molecule has 5 nitrogen and oxygen atoms in total. The summed E-state index contributed by atoms with van der Waals surface area (Å²) >= 11 is 5.92. The molecule has 1 aliphatic carbocycles. The van der Waals surface area contributed by atoms with Crippen molar-refractivity contribution in [1.82, 2.24) is 9.71 Å². The zero-order valence-corrected chi connectivity index (χ0v) is 15.8. The van der Waals surface area contributed by atoms with Gasteiger partial charge in [0.2, 0.25) is 10.0 Å². The molecule has 1 fully saturated rings. The number of hydrogen-bond acceptors (Lipinski definition) is 3. The summed E-state index contributed by atoms with van der Waals surface area (Å²) in [5, 5.41) is 1.47. The van der Waals surface area contributed by atoms with E-state index in [1.165, 1.54) is 6.07 Å². The number of aromatic amines is 1. The first-order valence-electron chi connectivity index (χ1n) is 8.34. The lowest BCUT2D eigenvalue weighted by atomic mass is 9.95. The van der Waals surface area contributed by atoms with E-state index in [9.17, 15) is 8.42 Å². The van der Waals surface area contributed by atoms with E-state index in [0.29, 0.717) is 11.6 Å². The SMILES string of the molecule is COc1ccc2[nH]cc(C3(CNS(=O)(=O)c4cccc(Cl)c4)CC3)c2c1. The van der Waals surface area contributed by atoms with E-state index in [4.69, 9.17) is 16.3 Å². The second-order valence-corrected chi connectivity index (χ2v) is 8.88. The van der Waals surface area contributed by atoms with Crippen LogP contribution in [0.25, 0.3) is 10.9 Å². The minimum absolute atomic E-state index is 0.182. The van der Waals surface area contributed by atoms with Gasteiger partial charge in [0.1, 0.15) is 5.75 Å². The highest BCUT2D eigenvalue weighted by atomic mass is 35.5. The largest absolute Gasteiger partial charge is 0.497 e. The summed E-state index contributed by atoms with van der Waals surface area (Å²) < 4.78 is 33.3. The van der Waals surface area contributed by atoms with Crippen LogP contribution < -0.4 is 9.46 Å². The first-order chi connectivity index (χ1) is 12.4. The zero-order valence-electron chi connectivity index (χ0n) is 14.3. The number of hydrogen-bond donors (Lipinski definition) is 2. The van der Waals surface area contributed by atoms with E-state index >= 15 is 0 Å². The molecule has 0 bridgehead atoms. The van der Waals surface area contributed by atoms with Gasteiger partial charge in [-0.2, -0.15) is 0 Å². The first-order valence-corrected chi connectivity index (χ1v) is 10.2. The summed E-state index contributed by atoms with van der Waals surface area (Å²) in [5.74, 6) is 0.786. The zero-order chi connectivity index (χ0) is 18.4. The maximum Gasteiger partial charge on any atom is 0.240 e. The van der Waals surface area contributed by atoms with Gasteiger partial charge in [-0.15, -0.1) is 0 Å². The van der Waals surface area contributed by atoms with Crippen molar-refractivity contribution in [3.05, 3.63) is 59.2 Å². The Kier molecular flexibility index (Phi) is 4.22. The summed E-state index contributed by atoms with van der Waals surface area (Å²) in [6.45, 7) is 0.353. The lowest BCUT2D eigenvalue weighted by molar-refractivity contribution is 0.415. The Morgan fingerprint density at radius 1 is 1.23 bits per heavy atom. The molecule has 2 N–H and O–H groups in total. The highest BCUT2D eigenvalue weighted by molar-refractivity contribution is 7.89. The van der Waals surface area contributed by atoms with Crippen molar-refractivity contribution in [3.63, 3.8) is 0 Å². The number of sulfonamides is 1. The average Bonchev–Trinajstić information content (AvgIpc) is 3.31. The fourth-order valence-corrected chi connectivity index (χ4v) is 4.74. The van der Waals surface area contributed by atoms with E-state index in [-0.39, 0.29) is 10.3 Å². The molecule has 7 heteroatoms. The quantitative estimate of drug-likeness (QED) is 0.671. The molecule has 136 valence electrons. The Bertz CT molecular complexity index is 1070. The van der Waals surface area contributed by atoms with Crippen molar-refractivity contribution in [1.29, 1.82) is 0 Å². The van der Waals surface area contributed by atoms with Crippen LogP contribution in [0, 0.1) is 0 Å². The Hall–Kier alpha value is -2.02. The third-order valence-corrected chi connectivity index (χ3v) is 6.65. The molecular weight excluding hydrogens is 372 g/mol. The molecular formula is C19H19ClN2O3S. The fraction of sp³-hybridized carbons (Fsp3) is 0.263. The van der Waals surface area contributed by atoms with Crippen molar-refractivity contribution < 1.29 is 13.2 Å². The Morgan fingerprint density at radius 3 is 2.73 bits per heavy atom. The Balaban J connectivity index is 1.61. The lowest BCUT2D eigenvalue weighted by Crippen LogP contribution is -2.32. The van der Waals surface area contributed by atoms with Gasteiger partial charge >= 0.3 is 0 Å². The average molecular weight is 391 g/mol. The van der Waals surface area contributed by atoms with E-state index in [2.05, 4.69) is 9.71 Å². The number of H-pyrrole nitrogens is 1. The highest BCUT2D eigenvalue weighted by Gasteiger charge is 2.46.